The van der Waals surface area contributed by atoms with Crippen LogP contribution in [-0.4, -0.2) is 6.61 Å². The van der Waals surface area contributed by atoms with Crippen LogP contribution in [0.2, 0.25) is 5.02 Å². The molecule has 3 rings (SSSR count). The fourth-order valence-electron chi connectivity index (χ4n) is 2.85. The summed E-state index contributed by atoms with van der Waals surface area (Å²) in [5.41, 5.74) is 5.95. The van der Waals surface area contributed by atoms with Gasteiger partial charge in [0.2, 0.25) is 0 Å². The minimum atomic E-state index is 0.714. The van der Waals surface area contributed by atoms with Crippen molar-refractivity contribution in [2.45, 2.75) is 26.8 Å². The van der Waals surface area contributed by atoms with Crippen molar-refractivity contribution in [2.24, 2.45) is 0 Å². The molecule has 110 valence electrons. The van der Waals surface area contributed by atoms with E-state index in [1.54, 1.807) is 0 Å². The van der Waals surface area contributed by atoms with E-state index in [1.807, 2.05) is 12.1 Å². The van der Waals surface area contributed by atoms with Crippen LogP contribution < -0.4 is 10.1 Å². The van der Waals surface area contributed by atoms with Crippen LogP contribution in [0.5, 0.6) is 5.75 Å². The molecule has 0 atom stereocenters. The highest BCUT2D eigenvalue weighted by atomic mass is 79.9. The van der Waals surface area contributed by atoms with Gasteiger partial charge in [-0.25, -0.2) is 0 Å². The number of hydrogen-bond donors (Lipinski definition) is 1. The number of aryl methyl sites for hydroxylation is 2. The Bertz CT molecular complexity index is 676. The summed E-state index contributed by atoms with van der Waals surface area (Å²) >= 11 is 9.73. The van der Waals surface area contributed by atoms with Gasteiger partial charge < -0.3 is 10.1 Å². The molecule has 1 aliphatic heterocycles. The summed E-state index contributed by atoms with van der Waals surface area (Å²) < 4.78 is 6.85. The lowest BCUT2D eigenvalue weighted by molar-refractivity contribution is 0.354. The van der Waals surface area contributed by atoms with Gasteiger partial charge in [-0.3, -0.25) is 0 Å². The fraction of sp³-hybridized carbons (Fsp3) is 0.294. The maximum absolute atomic E-state index is 6.20. The second kappa shape index (κ2) is 5.90. The second-order valence-corrected chi connectivity index (χ2v) is 6.77. The molecule has 0 spiro atoms. The molecule has 0 fully saturated rings. The molecule has 1 N–H and O–H groups in total. The first kappa shape index (κ1) is 14.7. The molecule has 0 amide bonds. The van der Waals surface area contributed by atoms with Gasteiger partial charge in [-0.05, 0) is 54.8 Å². The van der Waals surface area contributed by atoms with E-state index in [4.69, 9.17) is 16.3 Å². The fourth-order valence-corrected chi connectivity index (χ4v) is 3.80. The Morgan fingerprint density at radius 3 is 2.62 bits per heavy atom. The zero-order valence-corrected chi connectivity index (χ0v) is 14.4. The highest BCUT2D eigenvalue weighted by molar-refractivity contribution is 9.10. The van der Waals surface area contributed by atoms with Crippen LogP contribution in [0.25, 0.3) is 0 Å². The zero-order chi connectivity index (χ0) is 15.0. The summed E-state index contributed by atoms with van der Waals surface area (Å²) in [4.78, 5) is 0. The van der Waals surface area contributed by atoms with E-state index in [0.29, 0.717) is 6.54 Å². The van der Waals surface area contributed by atoms with Crippen molar-refractivity contribution in [1.29, 1.82) is 0 Å². The highest BCUT2D eigenvalue weighted by Crippen LogP contribution is 2.34. The van der Waals surface area contributed by atoms with Crippen LogP contribution >= 0.6 is 27.5 Å². The van der Waals surface area contributed by atoms with Gasteiger partial charge >= 0.3 is 0 Å². The molecule has 0 saturated carbocycles. The Kier molecular flexibility index (Phi) is 4.14. The molecule has 2 nitrogen and oxygen atoms in total. The average Bonchev–Trinajstić information content (AvgIpc) is 2.85. The van der Waals surface area contributed by atoms with Crippen LogP contribution in [0.1, 0.15) is 22.3 Å². The number of hydrogen-bond acceptors (Lipinski definition) is 2. The number of anilines is 1. The first-order valence-electron chi connectivity index (χ1n) is 6.99. The van der Waals surface area contributed by atoms with Crippen LogP contribution in [0.3, 0.4) is 0 Å². The largest absolute Gasteiger partial charge is 0.493 e. The van der Waals surface area contributed by atoms with Gasteiger partial charge in [-0.2, -0.15) is 0 Å². The van der Waals surface area contributed by atoms with Gasteiger partial charge in [0.25, 0.3) is 0 Å². The Labute approximate surface area is 138 Å². The second-order valence-electron chi connectivity index (χ2n) is 5.42. The monoisotopic (exact) mass is 365 g/mol. The molecule has 21 heavy (non-hydrogen) atoms. The number of nitrogens with one attached hydrogen (secondary N) is 1. The smallest absolute Gasteiger partial charge is 0.127 e. The van der Waals surface area contributed by atoms with Gasteiger partial charge in [0.05, 0.1) is 6.61 Å². The lowest BCUT2D eigenvalue weighted by Gasteiger charge is -2.15. The van der Waals surface area contributed by atoms with Crippen molar-refractivity contribution in [3.8, 4) is 5.75 Å². The standard InChI is InChI=1S/C17H17BrClNO/c1-10-5-14(18)6-11(2)16(10)20-9-13-8-15(19)7-12-3-4-21-17(12)13/h5-8,20H,3-4,9H2,1-2H3. The molecule has 0 aromatic heterocycles. The summed E-state index contributed by atoms with van der Waals surface area (Å²) in [7, 11) is 0. The van der Waals surface area contributed by atoms with E-state index < -0.39 is 0 Å². The minimum absolute atomic E-state index is 0.714. The van der Waals surface area contributed by atoms with Gasteiger partial charge in [-0.15, -0.1) is 0 Å². The number of benzene rings is 2. The summed E-state index contributed by atoms with van der Waals surface area (Å²) in [6.07, 6.45) is 0.944. The Morgan fingerprint density at radius 2 is 1.90 bits per heavy atom. The summed E-state index contributed by atoms with van der Waals surface area (Å²) in [5, 5.41) is 4.30. The Balaban J connectivity index is 1.86. The van der Waals surface area contributed by atoms with E-state index in [0.717, 1.165) is 33.8 Å². The topological polar surface area (TPSA) is 21.3 Å². The molecule has 2 aromatic rings. The zero-order valence-electron chi connectivity index (χ0n) is 12.1. The third kappa shape index (κ3) is 3.04. The summed E-state index contributed by atoms with van der Waals surface area (Å²) in [6, 6.07) is 8.23. The molecule has 0 saturated heterocycles. The molecule has 0 unspecified atom stereocenters. The number of rotatable bonds is 3. The molecular weight excluding hydrogens is 350 g/mol. The van der Waals surface area contributed by atoms with E-state index >= 15 is 0 Å². The van der Waals surface area contributed by atoms with Crippen molar-refractivity contribution in [3.63, 3.8) is 0 Å². The lowest BCUT2D eigenvalue weighted by Crippen LogP contribution is -2.04. The molecule has 0 aliphatic carbocycles. The molecular formula is C17H17BrClNO. The van der Waals surface area contributed by atoms with Gasteiger partial charge in [0.15, 0.2) is 0 Å². The predicted molar refractivity (Wildman–Crippen MR) is 91.6 cm³/mol. The van der Waals surface area contributed by atoms with E-state index in [1.165, 1.54) is 22.4 Å². The SMILES string of the molecule is Cc1cc(Br)cc(C)c1NCc1cc(Cl)cc2c1OCC2. The number of fused-ring (bicyclic) bond motifs is 1. The maximum Gasteiger partial charge on any atom is 0.127 e. The first-order chi connectivity index (χ1) is 10.0. The van der Waals surface area contributed by atoms with Gasteiger partial charge in [-0.1, -0.05) is 27.5 Å². The van der Waals surface area contributed by atoms with Crippen molar-refractivity contribution >= 4 is 33.2 Å². The van der Waals surface area contributed by atoms with Gasteiger partial charge in [0, 0.05) is 33.7 Å². The predicted octanol–water partition coefficient (Wildman–Crippen LogP) is 5.27. The molecule has 0 bridgehead atoms. The molecule has 1 aliphatic rings. The molecule has 4 heteroatoms. The molecule has 2 aromatic carbocycles. The van der Waals surface area contributed by atoms with Crippen LogP contribution in [0.15, 0.2) is 28.7 Å². The normalized spacial score (nSPS) is 13.0. The maximum atomic E-state index is 6.20. The Morgan fingerprint density at radius 1 is 1.19 bits per heavy atom. The van der Waals surface area contributed by atoms with E-state index in [2.05, 4.69) is 47.2 Å². The van der Waals surface area contributed by atoms with E-state index in [-0.39, 0.29) is 0 Å². The first-order valence-corrected chi connectivity index (χ1v) is 8.16. The third-order valence-electron chi connectivity index (χ3n) is 3.78. The molecule has 1 heterocycles. The van der Waals surface area contributed by atoms with Gasteiger partial charge in [0.1, 0.15) is 5.75 Å². The van der Waals surface area contributed by atoms with Crippen molar-refractivity contribution in [1.82, 2.24) is 0 Å². The Hall–Kier alpha value is -1.19. The van der Waals surface area contributed by atoms with Crippen LogP contribution in [-0.2, 0) is 13.0 Å². The minimum Gasteiger partial charge on any atom is -0.493 e. The van der Waals surface area contributed by atoms with Crippen molar-refractivity contribution in [2.75, 3.05) is 11.9 Å². The van der Waals surface area contributed by atoms with Crippen LogP contribution in [0.4, 0.5) is 5.69 Å². The lowest BCUT2D eigenvalue weighted by atomic mass is 10.1. The quantitative estimate of drug-likeness (QED) is 0.799. The highest BCUT2D eigenvalue weighted by Gasteiger charge is 2.17. The van der Waals surface area contributed by atoms with Crippen LogP contribution in [0, 0.1) is 13.8 Å². The third-order valence-corrected chi connectivity index (χ3v) is 4.45. The summed E-state index contributed by atoms with van der Waals surface area (Å²) in [6.45, 7) is 5.68. The van der Waals surface area contributed by atoms with E-state index in [9.17, 15) is 0 Å². The van der Waals surface area contributed by atoms with Crippen molar-refractivity contribution < 1.29 is 4.74 Å². The number of ether oxygens (including phenoxy) is 1. The number of halogens is 2. The average molecular weight is 367 g/mol. The molecule has 0 radical (unpaired) electrons. The summed E-state index contributed by atoms with van der Waals surface area (Å²) in [5.74, 6) is 0.999. The van der Waals surface area contributed by atoms with Crippen molar-refractivity contribution in [3.05, 3.63) is 56.0 Å².